The van der Waals surface area contributed by atoms with Crippen LogP contribution < -0.4 is 5.73 Å². The first kappa shape index (κ1) is 16.5. The highest BCUT2D eigenvalue weighted by atomic mass is 35.5. The number of aromatic nitrogens is 2. The summed E-state index contributed by atoms with van der Waals surface area (Å²) in [6.45, 7) is 10.8. The quantitative estimate of drug-likeness (QED) is 0.923. The van der Waals surface area contributed by atoms with Gasteiger partial charge in [0, 0.05) is 37.3 Å². The molecule has 0 spiro atoms. The highest BCUT2D eigenvalue weighted by Gasteiger charge is 2.26. The molecule has 1 unspecified atom stereocenters. The highest BCUT2D eigenvalue weighted by Crippen LogP contribution is 2.26. The first-order valence-electron chi connectivity index (χ1n) is 6.85. The van der Waals surface area contributed by atoms with Gasteiger partial charge >= 0.3 is 0 Å². The van der Waals surface area contributed by atoms with Gasteiger partial charge in [-0.2, -0.15) is 5.10 Å². The van der Waals surface area contributed by atoms with Gasteiger partial charge in [-0.1, -0.05) is 20.8 Å². The summed E-state index contributed by atoms with van der Waals surface area (Å²) in [6.07, 6.45) is 3.40. The molecule has 0 aromatic carbocycles. The van der Waals surface area contributed by atoms with E-state index in [1.54, 1.807) is 0 Å². The lowest BCUT2D eigenvalue weighted by Crippen LogP contribution is -2.24. The lowest BCUT2D eigenvalue weighted by molar-refractivity contribution is 0.315. The summed E-state index contributed by atoms with van der Waals surface area (Å²) >= 11 is 0. The second-order valence-corrected chi connectivity index (χ2v) is 6.55. The van der Waals surface area contributed by atoms with Crippen LogP contribution >= 0.6 is 12.4 Å². The summed E-state index contributed by atoms with van der Waals surface area (Å²) in [5.74, 6) is 0.680. The van der Waals surface area contributed by atoms with Crippen molar-refractivity contribution < 1.29 is 0 Å². The fourth-order valence-corrected chi connectivity index (χ4v) is 2.77. The standard InChI is InChI=1S/C14H26N4.ClH/c1-14(2,3)13-12(9-17(4)16-13)10-18-6-5-11(7-15)8-18;/h9,11H,5-8,10,15H2,1-4H3;1H. The first-order chi connectivity index (χ1) is 8.40. The van der Waals surface area contributed by atoms with Crippen molar-refractivity contribution in [3.8, 4) is 0 Å². The minimum Gasteiger partial charge on any atom is -0.330 e. The van der Waals surface area contributed by atoms with Crippen molar-refractivity contribution in [2.24, 2.45) is 18.7 Å². The van der Waals surface area contributed by atoms with Crippen LogP contribution in [0, 0.1) is 5.92 Å². The molecule has 19 heavy (non-hydrogen) atoms. The van der Waals surface area contributed by atoms with Crippen molar-refractivity contribution in [3.63, 3.8) is 0 Å². The Kier molecular flexibility index (Phi) is 5.42. The Morgan fingerprint density at radius 3 is 2.63 bits per heavy atom. The monoisotopic (exact) mass is 286 g/mol. The van der Waals surface area contributed by atoms with Gasteiger partial charge in [-0.05, 0) is 25.4 Å². The van der Waals surface area contributed by atoms with Gasteiger partial charge in [0.2, 0.25) is 0 Å². The van der Waals surface area contributed by atoms with Crippen molar-refractivity contribution >= 4 is 12.4 Å². The van der Waals surface area contributed by atoms with Crippen molar-refractivity contribution in [2.45, 2.75) is 39.2 Å². The van der Waals surface area contributed by atoms with Gasteiger partial charge in [0.05, 0.1) is 5.69 Å². The maximum Gasteiger partial charge on any atom is 0.0722 e. The lowest BCUT2D eigenvalue weighted by atomic mass is 9.89. The number of hydrogen-bond acceptors (Lipinski definition) is 3. The molecule has 0 radical (unpaired) electrons. The van der Waals surface area contributed by atoms with Crippen molar-refractivity contribution in [1.82, 2.24) is 14.7 Å². The zero-order valence-corrected chi connectivity index (χ0v) is 13.3. The van der Waals surface area contributed by atoms with Gasteiger partial charge in [-0.15, -0.1) is 12.4 Å². The van der Waals surface area contributed by atoms with Crippen molar-refractivity contribution in [3.05, 3.63) is 17.5 Å². The molecule has 2 N–H and O–H groups in total. The van der Waals surface area contributed by atoms with E-state index in [0.29, 0.717) is 5.92 Å². The van der Waals surface area contributed by atoms with E-state index >= 15 is 0 Å². The minimum atomic E-state index is 0. The molecule has 4 nitrogen and oxygen atoms in total. The molecule has 1 aromatic heterocycles. The third-order valence-electron chi connectivity index (χ3n) is 3.71. The second kappa shape index (κ2) is 6.25. The zero-order chi connectivity index (χ0) is 13.3. The van der Waals surface area contributed by atoms with Crippen LogP contribution in [0.2, 0.25) is 0 Å². The van der Waals surface area contributed by atoms with E-state index in [4.69, 9.17) is 5.73 Å². The van der Waals surface area contributed by atoms with Crippen LogP contribution in [0.15, 0.2) is 6.20 Å². The van der Waals surface area contributed by atoms with Gasteiger partial charge in [0.15, 0.2) is 0 Å². The maximum atomic E-state index is 5.75. The molecule has 1 aliphatic rings. The molecule has 1 atom stereocenters. The Bertz CT molecular complexity index is 408. The van der Waals surface area contributed by atoms with Crippen molar-refractivity contribution in [2.75, 3.05) is 19.6 Å². The van der Waals surface area contributed by atoms with Crippen LogP contribution in [-0.2, 0) is 19.0 Å². The number of rotatable bonds is 3. The van der Waals surface area contributed by atoms with Crippen LogP contribution in [0.5, 0.6) is 0 Å². The number of nitrogens with zero attached hydrogens (tertiary/aromatic N) is 3. The molecule has 2 rings (SSSR count). The molecule has 2 heterocycles. The second-order valence-electron chi connectivity index (χ2n) is 6.55. The van der Waals surface area contributed by atoms with Crippen LogP contribution in [0.1, 0.15) is 38.4 Å². The average molecular weight is 287 g/mol. The van der Waals surface area contributed by atoms with Crippen LogP contribution in [0.25, 0.3) is 0 Å². The van der Waals surface area contributed by atoms with Crippen LogP contribution in [0.3, 0.4) is 0 Å². The molecule has 0 amide bonds. The third kappa shape index (κ3) is 3.94. The van der Waals surface area contributed by atoms with Gasteiger partial charge in [-0.25, -0.2) is 0 Å². The number of aryl methyl sites for hydroxylation is 1. The molecule has 0 bridgehead atoms. The van der Waals surface area contributed by atoms with E-state index < -0.39 is 0 Å². The Morgan fingerprint density at radius 2 is 2.11 bits per heavy atom. The molecule has 1 aliphatic heterocycles. The fourth-order valence-electron chi connectivity index (χ4n) is 2.77. The average Bonchev–Trinajstić information content (AvgIpc) is 2.85. The normalized spacial score (nSPS) is 20.6. The summed E-state index contributed by atoms with van der Waals surface area (Å²) in [7, 11) is 2.01. The third-order valence-corrected chi connectivity index (χ3v) is 3.71. The first-order valence-corrected chi connectivity index (χ1v) is 6.85. The Labute approximate surface area is 122 Å². The van der Waals surface area contributed by atoms with Gasteiger partial charge in [-0.3, -0.25) is 9.58 Å². The Morgan fingerprint density at radius 1 is 1.42 bits per heavy atom. The largest absolute Gasteiger partial charge is 0.330 e. The van der Waals surface area contributed by atoms with Crippen molar-refractivity contribution in [1.29, 1.82) is 0 Å². The fraction of sp³-hybridized carbons (Fsp3) is 0.786. The topological polar surface area (TPSA) is 47.1 Å². The molecule has 0 saturated carbocycles. The molecule has 1 saturated heterocycles. The van der Waals surface area contributed by atoms with Gasteiger partial charge in [0.25, 0.3) is 0 Å². The minimum absolute atomic E-state index is 0. The number of nitrogens with two attached hydrogens (primary N) is 1. The summed E-state index contributed by atoms with van der Waals surface area (Å²) < 4.78 is 1.94. The Hall–Kier alpha value is -0.580. The molecule has 5 heteroatoms. The number of halogens is 1. The predicted molar refractivity (Wildman–Crippen MR) is 81.6 cm³/mol. The van der Waals surface area contributed by atoms with E-state index in [9.17, 15) is 0 Å². The predicted octanol–water partition coefficient (Wildman–Crippen LogP) is 1.92. The summed E-state index contributed by atoms with van der Waals surface area (Å²) in [4.78, 5) is 2.50. The van der Waals surface area contributed by atoms with Gasteiger partial charge < -0.3 is 5.73 Å². The van der Waals surface area contributed by atoms with Crippen LogP contribution in [0.4, 0.5) is 0 Å². The maximum absolute atomic E-state index is 5.75. The van der Waals surface area contributed by atoms with E-state index in [0.717, 1.165) is 19.6 Å². The summed E-state index contributed by atoms with van der Waals surface area (Å²) in [5, 5.41) is 4.63. The molecule has 0 aliphatic carbocycles. The molecule has 1 fully saturated rings. The SMILES string of the molecule is Cl.Cn1cc(CN2CCC(CN)C2)c(C(C)(C)C)n1. The lowest BCUT2D eigenvalue weighted by Gasteiger charge is -2.20. The smallest absolute Gasteiger partial charge is 0.0722 e. The molecule has 110 valence electrons. The van der Waals surface area contributed by atoms with Gasteiger partial charge in [0.1, 0.15) is 0 Å². The highest BCUT2D eigenvalue weighted by molar-refractivity contribution is 5.85. The van der Waals surface area contributed by atoms with E-state index in [-0.39, 0.29) is 17.8 Å². The van der Waals surface area contributed by atoms with E-state index in [2.05, 4.69) is 37.0 Å². The Balaban J connectivity index is 0.00000180. The molecular weight excluding hydrogens is 260 g/mol. The number of likely N-dealkylation sites (tertiary alicyclic amines) is 1. The molecule has 1 aromatic rings. The summed E-state index contributed by atoms with van der Waals surface area (Å²) in [5.41, 5.74) is 8.45. The van der Waals surface area contributed by atoms with E-state index in [1.807, 2.05) is 11.7 Å². The zero-order valence-electron chi connectivity index (χ0n) is 12.5. The number of hydrogen-bond donors (Lipinski definition) is 1. The van der Waals surface area contributed by atoms with Crippen LogP contribution in [-0.4, -0.2) is 34.3 Å². The summed E-state index contributed by atoms with van der Waals surface area (Å²) in [6, 6.07) is 0. The van der Waals surface area contributed by atoms with E-state index in [1.165, 1.54) is 24.2 Å². The molecular formula is C14H27ClN4.